The Morgan fingerprint density at radius 2 is 2.00 bits per heavy atom. The predicted octanol–water partition coefficient (Wildman–Crippen LogP) is 2.79. The average molecular weight is 341 g/mol. The van der Waals surface area contributed by atoms with Gasteiger partial charge in [-0.05, 0) is 18.2 Å². The minimum atomic E-state index is -0.404. The molecule has 4 rings (SSSR count). The molecule has 2 aromatic carbocycles. The van der Waals surface area contributed by atoms with Crippen molar-refractivity contribution in [1.29, 1.82) is 0 Å². The van der Waals surface area contributed by atoms with Crippen LogP contribution >= 0.6 is 0 Å². The van der Waals surface area contributed by atoms with E-state index in [4.69, 9.17) is 10.5 Å². The highest BCUT2D eigenvalue weighted by atomic mass is 19.1. The van der Waals surface area contributed by atoms with Gasteiger partial charge in [0.05, 0.1) is 18.7 Å². The maximum absolute atomic E-state index is 13.6. The van der Waals surface area contributed by atoms with E-state index in [1.54, 1.807) is 12.1 Å². The highest BCUT2D eigenvalue weighted by Gasteiger charge is 2.39. The second-order valence-electron chi connectivity index (χ2n) is 6.18. The zero-order chi connectivity index (χ0) is 17.4. The molecule has 1 aliphatic heterocycles. The maximum atomic E-state index is 13.6. The van der Waals surface area contributed by atoms with E-state index in [1.165, 1.54) is 12.1 Å². The molecule has 0 bridgehead atoms. The number of hydrogen-bond donors (Lipinski definition) is 2. The second-order valence-corrected chi connectivity index (χ2v) is 6.18. The van der Waals surface area contributed by atoms with E-state index in [9.17, 15) is 9.18 Å². The molecular weight excluding hydrogens is 323 g/mol. The van der Waals surface area contributed by atoms with Crippen LogP contribution in [0.3, 0.4) is 0 Å². The van der Waals surface area contributed by atoms with E-state index in [1.807, 2.05) is 18.2 Å². The zero-order valence-corrected chi connectivity index (χ0v) is 13.5. The van der Waals surface area contributed by atoms with Crippen molar-refractivity contribution in [3.8, 4) is 11.3 Å². The van der Waals surface area contributed by atoms with Crippen LogP contribution in [0.25, 0.3) is 22.2 Å². The lowest BCUT2D eigenvalue weighted by Crippen LogP contribution is -2.62. The molecule has 1 saturated heterocycles. The third-order valence-corrected chi connectivity index (χ3v) is 4.80. The number of nitrogens with two attached hydrogens (primary N) is 1. The van der Waals surface area contributed by atoms with E-state index in [2.05, 4.69) is 10.2 Å². The first kappa shape index (κ1) is 15.7. The van der Waals surface area contributed by atoms with Crippen LogP contribution < -0.4 is 10.2 Å². The summed E-state index contributed by atoms with van der Waals surface area (Å²) in [7, 11) is 0. The SMILES string of the molecule is NC(=O)[N+]1(c2ccc3[nH]nc(-c4cccc(F)c4)c3c2)CCOCC1. The minimum Gasteiger partial charge on any atom is -0.370 e. The molecule has 2 heterocycles. The normalized spacial score (nSPS) is 16.8. The van der Waals surface area contributed by atoms with Gasteiger partial charge >= 0.3 is 6.03 Å². The third kappa shape index (κ3) is 2.57. The molecule has 1 aliphatic rings. The molecule has 0 aliphatic carbocycles. The van der Waals surface area contributed by atoms with Gasteiger partial charge in [0.15, 0.2) is 0 Å². The fraction of sp³-hybridized carbons (Fsp3) is 0.222. The zero-order valence-electron chi connectivity index (χ0n) is 13.5. The van der Waals surface area contributed by atoms with Crippen molar-refractivity contribution in [1.82, 2.24) is 14.7 Å². The number of ether oxygens (including phenoxy) is 1. The van der Waals surface area contributed by atoms with Gasteiger partial charge in [0.25, 0.3) is 0 Å². The molecule has 1 aromatic heterocycles. The summed E-state index contributed by atoms with van der Waals surface area (Å²) in [4.78, 5) is 12.2. The number of amides is 2. The number of halogens is 1. The first-order chi connectivity index (χ1) is 12.1. The highest BCUT2D eigenvalue weighted by molar-refractivity contribution is 5.97. The lowest BCUT2D eigenvalue weighted by molar-refractivity contribution is 0.0574. The van der Waals surface area contributed by atoms with Crippen molar-refractivity contribution in [3.63, 3.8) is 0 Å². The summed E-state index contributed by atoms with van der Waals surface area (Å²) < 4.78 is 19.0. The Kier molecular flexibility index (Phi) is 3.74. The molecule has 6 nitrogen and oxygen atoms in total. The number of urea groups is 1. The number of morpholine rings is 1. The molecule has 3 aromatic rings. The minimum absolute atomic E-state index is 0.0453. The number of carbonyl (C=O) groups is 1. The van der Waals surface area contributed by atoms with Crippen LogP contribution in [0.2, 0.25) is 0 Å². The van der Waals surface area contributed by atoms with Crippen LogP contribution in [0.1, 0.15) is 0 Å². The number of rotatable bonds is 2. The van der Waals surface area contributed by atoms with Gasteiger partial charge < -0.3 is 10.5 Å². The number of aromatic nitrogens is 2. The fourth-order valence-corrected chi connectivity index (χ4v) is 3.38. The van der Waals surface area contributed by atoms with Gasteiger partial charge in [-0.15, -0.1) is 0 Å². The summed E-state index contributed by atoms with van der Waals surface area (Å²) in [5.41, 5.74) is 8.66. The van der Waals surface area contributed by atoms with E-state index < -0.39 is 6.03 Å². The van der Waals surface area contributed by atoms with E-state index in [0.29, 0.717) is 37.6 Å². The Balaban J connectivity index is 1.87. The Labute approximate surface area is 143 Å². The molecule has 0 unspecified atom stereocenters. The lowest BCUT2D eigenvalue weighted by Gasteiger charge is -2.36. The van der Waals surface area contributed by atoms with E-state index >= 15 is 0 Å². The molecule has 7 heteroatoms. The van der Waals surface area contributed by atoms with Crippen LogP contribution in [0, 0.1) is 5.82 Å². The van der Waals surface area contributed by atoms with Crippen LogP contribution in [-0.2, 0) is 4.74 Å². The standard InChI is InChI=1S/C18H17FN4O2/c19-13-3-1-2-12(10-13)17-15-11-14(4-5-16(15)21-22-17)23(18(20)24)6-8-25-9-7-23/h1-5,10-11H,6-9H2,(H2-,20,21,22,24)/p+1. The van der Waals surface area contributed by atoms with Crippen molar-refractivity contribution in [2.24, 2.45) is 5.73 Å². The molecule has 3 N–H and O–H groups in total. The van der Waals surface area contributed by atoms with Crippen LogP contribution in [0.4, 0.5) is 14.9 Å². The fourth-order valence-electron chi connectivity index (χ4n) is 3.38. The molecule has 25 heavy (non-hydrogen) atoms. The first-order valence-corrected chi connectivity index (χ1v) is 8.10. The van der Waals surface area contributed by atoms with Crippen molar-refractivity contribution >= 4 is 22.6 Å². The van der Waals surface area contributed by atoms with Crippen molar-refractivity contribution < 1.29 is 13.9 Å². The number of fused-ring (bicyclic) bond motifs is 1. The number of quaternary nitrogens is 1. The summed E-state index contributed by atoms with van der Waals surface area (Å²) in [5, 5.41) is 8.11. The number of carbonyl (C=O) groups excluding carboxylic acids is 1. The Hall–Kier alpha value is -2.77. The molecule has 2 amide bonds. The van der Waals surface area contributed by atoms with Gasteiger partial charge in [0, 0.05) is 23.1 Å². The van der Waals surface area contributed by atoms with Crippen molar-refractivity contribution in [2.75, 3.05) is 26.3 Å². The molecular formula is C18H18FN4O2+. The van der Waals surface area contributed by atoms with Gasteiger partial charge in [-0.1, -0.05) is 12.1 Å². The summed E-state index contributed by atoms with van der Waals surface area (Å²) in [6, 6.07) is 11.5. The quantitative estimate of drug-likeness (QED) is 0.703. The molecule has 128 valence electrons. The van der Waals surface area contributed by atoms with E-state index in [-0.39, 0.29) is 10.3 Å². The van der Waals surface area contributed by atoms with Crippen LogP contribution in [0.5, 0.6) is 0 Å². The van der Waals surface area contributed by atoms with Crippen LogP contribution in [0.15, 0.2) is 42.5 Å². The van der Waals surface area contributed by atoms with Crippen molar-refractivity contribution in [2.45, 2.75) is 0 Å². The molecule has 0 radical (unpaired) electrons. The monoisotopic (exact) mass is 341 g/mol. The van der Waals surface area contributed by atoms with Gasteiger partial charge in [-0.25, -0.2) is 13.7 Å². The summed E-state index contributed by atoms with van der Waals surface area (Å²) >= 11 is 0. The van der Waals surface area contributed by atoms with Gasteiger partial charge in [0.2, 0.25) is 0 Å². The number of primary amides is 1. The number of nitrogens with zero attached hydrogens (tertiary/aromatic N) is 2. The van der Waals surface area contributed by atoms with Gasteiger partial charge in [-0.2, -0.15) is 5.10 Å². The number of hydrogen-bond acceptors (Lipinski definition) is 3. The number of H-pyrrole nitrogens is 1. The number of aromatic amines is 1. The van der Waals surface area contributed by atoms with E-state index in [0.717, 1.165) is 16.6 Å². The third-order valence-electron chi connectivity index (χ3n) is 4.80. The summed E-state index contributed by atoms with van der Waals surface area (Å²) in [6.07, 6.45) is 0. The highest BCUT2D eigenvalue weighted by Crippen LogP contribution is 2.33. The molecule has 0 saturated carbocycles. The van der Waals surface area contributed by atoms with Gasteiger partial charge in [-0.3, -0.25) is 5.10 Å². The Bertz CT molecular complexity index is 947. The summed E-state index contributed by atoms with van der Waals surface area (Å²) in [6.45, 7) is 1.94. The largest absolute Gasteiger partial charge is 0.419 e. The number of benzene rings is 2. The second kappa shape index (κ2) is 5.94. The predicted molar refractivity (Wildman–Crippen MR) is 93.4 cm³/mol. The molecule has 0 atom stereocenters. The van der Waals surface area contributed by atoms with Crippen LogP contribution in [-0.4, -0.2) is 42.5 Å². The molecule has 1 fully saturated rings. The summed E-state index contributed by atoms with van der Waals surface area (Å²) in [5.74, 6) is -0.321. The Morgan fingerprint density at radius 3 is 2.72 bits per heavy atom. The van der Waals surface area contributed by atoms with Crippen molar-refractivity contribution in [3.05, 3.63) is 48.3 Å². The topological polar surface area (TPSA) is 81.0 Å². The number of nitrogens with one attached hydrogen (secondary N) is 1. The lowest BCUT2D eigenvalue weighted by atomic mass is 10.1. The van der Waals surface area contributed by atoms with Gasteiger partial charge in [0.1, 0.15) is 30.3 Å². The molecule has 0 spiro atoms. The smallest absolute Gasteiger partial charge is 0.370 e. The first-order valence-electron chi connectivity index (χ1n) is 8.10. The Morgan fingerprint density at radius 1 is 1.20 bits per heavy atom. The maximum Gasteiger partial charge on any atom is 0.419 e. The average Bonchev–Trinajstić information content (AvgIpc) is 3.05.